The number of likely N-dealkylation sites (tertiary alicyclic amines) is 1. The second-order valence-corrected chi connectivity index (χ2v) is 6.61. The first-order chi connectivity index (χ1) is 11.2. The van der Waals surface area contributed by atoms with Crippen molar-refractivity contribution < 1.29 is 9.53 Å². The van der Waals surface area contributed by atoms with Crippen LogP contribution in [0.15, 0.2) is 18.2 Å². The Hall–Kier alpha value is -1.46. The van der Waals surface area contributed by atoms with Gasteiger partial charge in [0, 0.05) is 37.0 Å². The highest BCUT2D eigenvalue weighted by Gasteiger charge is 2.24. The summed E-state index contributed by atoms with van der Waals surface area (Å²) in [5.41, 5.74) is 2.33. The molecule has 0 radical (unpaired) electrons. The van der Waals surface area contributed by atoms with Gasteiger partial charge in [0.15, 0.2) is 0 Å². The van der Waals surface area contributed by atoms with E-state index in [1.54, 1.807) is 0 Å². The molecule has 5 heteroatoms. The van der Waals surface area contributed by atoms with E-state index in [2.05, 4.69) is 40.3 Å². The van der Waals surface area contributed by atoms with E-state index < -0.39 is 0 Å². The first-order valence-electron chi connectivity index (χ1n) is 8.77. The van der Waals surface area contributed by atoms with Gasteiger partial charge in [-0.25, -0.2) is 0 Å². The van der Waals surface area contributed by atoms with Crippen LogP contribution in [0, 0.1) is 6.92 Å². The fourth-order valence-electron chi connectivity index (χ4n) is 3.48. The minimum atomic E-state index is -0.215. The number of hydrogen-bond acceptors (Lipinski definition) is 4. The number of rotatable bonds is 5. The average molecular weight is 317 g/mol. The molecule has 2 aliphatic heterocycles. The third kappa shape index (κ3) is 4.52. The van der Waals surface area contributed by atoms with Gasteiger partial charge in [-0.15, -0.1) is 0 Å². The third-order valence-corrected chi connectivity index (χ3v) is 4.87. The molecule has 1 unspecified atom stereocenters. The molecule has 3 rings (SSSR count). The van der Waals surface area contributed by atoms with Crippen molar-refractivity contribution in [1.29, 1.82) is 0 Å². The summed E-state index contributed by atoms with van der Waals surface area (Å²) < 4.78 is 5.40. The van der Waals surface area contributed by atoms with Crippen molar-refractivity contribution in [2.24, 2.45) is 0 Å². The van der Waals surface area contributed by atoms with Crippen molar-refractivity contribution in [3.63, 3.8) is 0 Å². The van der Waals surface area contributed by atoms with Crippen molar-refractivity contribution in [3.8, 4) is 0 Å². The third-order valence-electron chi connectivity index (χ3n) is 4.87. The van der Waals surface area contributed by atoms with Crippen LogP contribution in [0.3, 0.4) is 0 Å². The standard InChI is InChI=1S/C18H27N3O2/c1-14-4-2-5-16(20-14)15-7-10-21(11-8-15)12-9-19-18(22)17-6-3-13-23-17/h2,4-5,15,17H,3,6-13H2,1H3,(H,19,22). The molecule has 2 aliphatic rings. The Kier molecular flexibility index (Phi) is 5.62. The fourth-order valence-corrected chi connectivity index (χ4v) is 3.48. The van der Waals surface area contributed by atoms with Gasteiger partial charge < -0.3 is 15.0 Å². The summed E-state index contributed by atoms with van der Waals surface area (Å²) in [7, 11) is 0. The summed E-state index contributed by atoms with van der Waals surface area (Å²) in [5.74, 6) is 0.633. The highest BCUT2D eigenvalue weighted by atomic mass is 16.5. The summed E-state index contributed by atoms with van der Waals surface area (Å²) in [6, 6.07) is 6.30. The van der Waals surface area contributed by atoms with Crippen molar-refractivity contribution in [1.82, 2.24) is 15.2 Å². The molecule has 1 N–H and O–H groups in total. The Morgan fingerprint density at radius 3 is 2.87 bits per heavy atom. The number of hydrogen-bond donors (Lipinski definition) is 1. The molecule has 1 atom stereocenters. The van der Waals surface area contributed by atoms with Gasteiger partial charge in [-0.1, -0.05) is 6.07 Å². The molecule has 0 aliphatic carbocycles. The van der Waals surface area contributed by atoms with E-state index in [0.29, 0.717) is 12.5 Å². The maximum absolute atomic E-state index is 11.9. The monoisotopic (exact) mass is 317 g/mol. The first-order valence-corrected chi connectivity index (χ1v) is 8.77. The molecule has 1 aromatic rings. The summed E-state index contributed by atoms with van der Waals surface area (Å²) in [6.07, 6.45) is 3.94. The Labute approximate surface area is 138 Å². The van der Waals surface area contributed by atoms with Crippen LogP contribution < -0.4 is 5.32 Å². The highest BCUT2D eigenvalue weighted by Crippen LogP contribution is 2.26. The number of nitrogens with zero attached hydrogens (tertiary/aromatic N) is 2. The van der Waals surface area contributed by atoms with E-state index in [1.165, 1.54) is 5.69 Å². The Bertz CT molecular complexity index is 521. The number of aryl methyl sites for hydroxylation is 1. The maximum Gasteiger partial charge on any atom is 0.249 e. The maximum atomic E-state index is 11.9. The summed E-state index contributed by atoms with van der Waals surface area (Å²) in [4.78, 5) is 19.0. The van der Waals surface area contributed by atoms with Gasteiger partial charge in [0.1, 0.15) is 6.10 Å². The average Bonchev–Trinajstić information content (AvgIpc) is 3.10. The second-order valence-electron chi connectivity index (χ2n) is 6.61. The lowest BCUT2D eigenvalue weighted by Crippen LogP contribution is -2.41. The van der Waals surface area contributed by atoms with Crippen molar-refractivity contribution in [3.05, 3.63) is 29.6 Å². The highest BCUT2D eigenvalue weighted by molar-refractivity contribution is 5.80. The number of pyridine rings is 1. The van der Waals surface area contributed by atoms with Gasteiger partial charge in [0.25, 0.3) is 0 Å². The van der Waals surface area contributed by atoms with Gasteiger partial charge in [0.05, 0.1) is 0 Å². The van der Waals surface area contributed by atoms with Crippen molar-refractivity contribution >= 4 is 5.91 Å². The van der Waals surface area contributed by atoms with Crippen LogP contribution in [-0.2, 0) is 9.53 Å². The van der Waals surface area contributed by atoms with Crippen LogP contribution in [0.4, 0.5) is 0 Å². The van der Waals surface area contributed by atoms with E-state index in [9.17, 15) is 4.79 Å². The lowest BCUT2D eigenvalue weighted by Gasteiger charge is -2.31. The summed E-state index contributed by atoms with van der Waals surface area (Å²) >= 11 is 0. The Morgan fingerprint density at radius 2 is 2.17 bits per heavy atom. The molecular weight excluding hydrogens is 290 g/mol. The van der Waals surface area contributed by atoms with E-state index >= 15 is 0 Å². The van der Waals surface area contributed by atoms with Gasteiger partial charge >= 0.3 is 0 Å². The van der Waals surface area contributed by atoms with E-state index in [0.717, 1.165) is 57.6 Å². The van der Waals surface area contributed by atoms with Crippen LogP contribution in [0.1, 0.15) is 43.0 Å². The number of nitrogens with one attached hydrogen (secondary N) is 1. The van der Waals surface area contributed by atoms with E-state index in [-0.39, 0.29) is 12.0 Å². The molecule has 0 aromatic carbocycles. The number of piperidine rings is 1. The fraction of sp³-hybridized carbons (Fsp3) is 0.667. The van der Waals surface area contributed by atoms with Gasteiger partial charge in [-0.2, -0.15) is 0 Å². The van der Waals surface area contributed by atoms with Crippen LogP contribution in [0.5, 0.6) is 0 Å². The second kappa shape index (κ2) is 7.88. The molecule has 0 spiro atoms. The zero-order valence-corrected chi connectivity index (χ0v) is 14.0. The molecule has 2 saturated heterocycles. The molecule has 0 bridgehead atoms. The molecule has 1 amide bonds. The normalized spacial score (nSPS) is 23.1. The molecule has 2 fully saturated rings. The number of amides is 1. The molecule has 5 nitrogen and oxygen atoms in total. The molecular formula is C18H27N3O2. The van der Waals surface area contributed by atoms with E-state index in [1.807, 2.05) is 0 Å². The Morgan fingerprint density at radius 1 is 1.35 bits per heavy atom. The van der Waals surface area contributed by atoms with Gasteiger partial charge in [-0.3, -0.25) is 9.78 Å². The smallest absolute Gasteiger partial charge is 0.249 e. The minimum Gasteiger partial charge on any atom is -0.368 e. The molecule has 3 heterocycles. The predicted octanol–water partition coefficient (Wildman–Crippen LogP) is 1.86. The molecule has 1 aromatic heterocycles. The number of aromatic nitrogens is 1. The van der Waals surface area contributed by atoms with E-state index in [4.69, 9.17) is 4.74 Å². The predicted molar refractivity (Wildman–Crippen MR) is 89.4 cm³/mol. The zero-order valence-electron chi connectivity index (χ0n) is 14.0. The van der Waals surface area contributed by atoms with Crippen LogP contribution >= 0.6 is 0 Å². The van der Waals surface area contributed by atoms with Gasteiger partial charge in [0.2, 0.25) is 5.91 Å². The quantitative estimate of drug-likeness (QED) is 0.901. The number of carbonyl (C=O) groups excluding carboxylic acids is 1. The largest absolute Gasteiger partial charge is 0.368 e. The van der Waals surface area contributed by atoms with Crippen molar-refractivity contribution in [2.45, 2.75) is 44.6 Å². The Balaban J connectivity index is 1.37. The lowest BCUT2D eigenvalue weighted by molar-refractivity contribution is -0.130. The number of ether oxygens (including phenoxy) is 1. The molecule has 0 saturated carbocycles. The minimum absolute atomic E-state index is 0.0568. The summed E-state index contributed by atoms with van der Waals surface area (Å²) in [5, 5.41) is 3.00. The van der Waals surface area contributed by atoms with Crippen LogP contribution in [0.2, 0.25) is 0 Å². The molecule has 23 heavy (non-hydrogen) atoms. The topological polar surface area (TPSA) is 54.5 Å². The summed E-state index contributed by atoms with van der Waals surface area (Å²) in [6.45, 7) is 6.57. The zero-order chi connectivity index (χ0) is 16.1. The van der Waals surface area contributed by atoms with Crippen LogP contribution in [-0.4, -0.2) is 54.7 Å². The van der Waals surface area contributed by atoms with Gasteiger partial charge in [-0.05, 0) is 57.8 Å². The van der Waals surface area contributed by atoms with Crippen LogP contribution in [0.25, 0.3) is 0 Å². The SMILES string of the molecule is Cc1cccc(C2CCN(CCNC(=O)C3CCCO3)CC2)n1. The number of carbonyl (C=O) groups is 1. The van der Waals surface area contributed by atoms with Crippen molar-refractivity contribution in [2.75, 3.05) is 32.8 Å². The molecule has 126 valence electrons. The first kappa shape index (κ1) is 16.4. The lowest BCUT2D eigenvalue weighted by atomic mass is 9.93.